The van der Waals surface area contributed by atoms with E-state index < -0.39 is 11.7 Å². The van der Waals surface area contributed by atoms with Crippen molar-refractivity contribution in [3.63, 3.8) is 0 Å². The molecule has 31 heavy (non-hydrogen) atoms. The summed E-state index contributed by atoms with van der Waals surface area (Å²) in [4.78, 5) is 40.3. The van der Waals surface area contributed by atoms with E-state index in [2.05, 4.69) is 5.10 Å². The number of amides is 2. The highest BCUT2D eigenvalue weighted by molar-refractivity contribution is 7.10. The van der Waals surface area contributed by atoms with Crippen molar-refractivity contribution in [2.24, 2.45) is 5.10 Å². The minimum atomic E-state index is -0.697. The second-order valence-electron chi connectivity index (χ2n) is 7.24. The summed E-state index contributed by atoms with van der Waals surface area (Å²) < 4.78 is 0. The van der Waals surface area contributed by atoms with Crippen LogP contribution in [-0.4, -0.2) is 34.9 Å². The first kappa shape index (κ1) is 19.7. The molecule has 6 nitrogen and oxygen atoms in total. The van der Waals surface area contributed by atoms with Gasteiger partial charge in [0, 0.05) is 21.9 Å². The molecular formula is C23H16ClN3O3S. The fourth-order valence-electron chi connectivity index (χ4n) is 3.91. The summed E-state index contributed by atoms with van der Waals surface area (Å²) in [7, 11) is 0. The Balaban J connectivity index is 1.48. The standard InChI is InChI=1S/C23H16ClN3O3S/c24-16-8-3-1-6-14(16)17-12-19(20-10-5-11-31-20)27(25-17)21(28)13-26-18-9-4-2-7-15(18)22(29)23(26)30/h1-11,19H,12-13H2. The quantitative estimate of drug-likeness (QED) is 0.557. The van der Waals surface area contributed by atoms with Crippen molar-refractivity contribution in [3.05, 3.63) is 87.1 Å². The van der Waals surface area contributed by atoms with E-state index >= 15 is 0 Å². The molecule has 0 aliphatic carbocycles. The molecule has 0 N–H and O–H groups in total. The van der Waals surface area contributed by atoms with Gasteiger partial charge in [-0.15, -0.1) is 11.3 Å². The lowest BCUT2D eigenvalue weighted by molar-refractivity contribution is -0.132. The van der Waals surface area contributed by atoms with E-state index in [0.29, 0.717) is 28.4 Å². The third-order valence-electron chi connectivity index (χ3n) is 5.39. The van der Waals surface area contributed by atoms with Gasteiger partial charge in [0.05, 0.1) is 23.0 Å². The van der Waals surface area contributed by atoms with Crippen molar-refractivity contribution in [1.82, 2.24) is 5.01 Å². The Labute approximate surface area is 187 Å². The van der Waals surface area contributed by atoms with Crippen LogP contribution in [0, 0.1) is 0 Å². The van der Waals surface area contributed by atoms with Crippen LogP contribution in [0.15, 0.2) is 71.1 Å². The lowest BCUT2D eigenvalue weighted by atomic mass is 10.0. The van der Waals surface area contributed by atoms with Gasteiger partial charge in [-0.3, -0.25) is 19.3 Å². The van der Waals surface area contributed by atoms with Crippen LogP contribution in [0.5, 0.6) is 0 Å². The van der Waals surface area contributed by atoms with Gasteiger partial charge in [-0.05, 0) is 29.6 Å². The Morgan fingerprint density at radius 1 is 1.03 bits per heavy atom. The Morgan fingerprint density at radius 2 is 1.77 bits per heavy atom. The number of ketones is 1. The summed E-state index contributed by atoms with van der Waals surface area (Å²) in [5.41, 5.74) is 2.25. The molecule has 8 heteroatoms. The number of hydrogen-bond donors (Lipinski definition) is 0. The predicted molar refractivity (Wildman–Crippen MR) is 120 cm³/mol. The summed E-state index contributed by atoms with van der Waals surface area (Å²) in [6, 6.07) is 17.7. The van der Waals surface area contributed by atoms with Gasteiger partial charge in [0.2, 0.25) is 0 Å². The number of para-hydroxylation sites is 1. The van der Waals surface area contributed by atoms with Gasteiger partial charge >= 0.3 is 0 Å². The zero-order chi connectivity index (χ0) is 21.5. The van der Waals surface area contributed by atoms with Gasteiger partial charge in [-0.1, -0.05) is 48.0 Å². The largest absolute Gasteiger partial charge is 0.299 e. The molecule has 1 atom stereocenters. The van der Waals surface area contributed by atoms with E-state index in [4.69, 9.17) is 11.6 Å². The number of hydrazone groups is 1. The first-order chi connectivity index (χ1) is 15.0. The number of anilines is 1. The Morgan fingerprint density at radius 3 is 2.52 bits per heavy atom. The molecule has 0 spiro atoms. The zero-order valence-electron chi connectivity index (χ0n) is 16.2. The summed E-state index contributed by atoms with van der Waals surface area (Å²) in [5.74, 6) is -1.66. The molecule has 2 aliphatic rings. The summed E-state index contributed by atoms with van der Waals surface area (Å²) in [6.07, 6.45) is 0.513. The smallest absolute Gasteiger partial charge is 0.295 e. The molecule has 0 saturated carbocycles. The molecule has 154 valence electrons. The molecule has 0 fully saturated rings. The number of nitrogens with zero attached hydrogens (tertiary/aromatic N) is 3. The zero-order valence-corrected chi connectivity index (χ0v) is 17.8. The second kappa shape index (κ2) is 7.76. The van der Waals surface area contributed by atoms with E-state index in [9.17, 15) is 14.4 Å². The SMILES string of the molecule is O=C1C(=O)N(CC(=O)N2N=C(c3ccccc3Cl)CC2c2cccs2)c2ccccc21. The fraction of sp³-hybridized carbons (Fsp3) is 0.130. The second-order valence-corrected chi connectivity index (χ2v) is 8.62. The van der Waals surface area contributed by atoms with Crippen molar-refractivity contribution < 1.29 is 14.4 Å². The summed E-state index contributed by atoms with van der Waals surface area (Å²) in [6.45, 7) is -0.261. The molecule has 2 amide bonds. The molecule has 2 aliphatic heterocycles. The maximum Gasteiger partial charge on any atom is 0.299 e. The Kier molecular flexibility index (Phi) is 4.92. The number of rotatable bonds is 4. The number of hydrogen-bond acceptors (Lipinski definition) is 5. The number of carbonyl (C=O) groups excluding carboxylic acids is 3. The monoisotopic (exact) mass is 449 g/mol. The normalized spacial score (nSPS) is 17.8. The van der Waals surface area contributed by atoms with Crippen LogP contribution in [0.2, 0.25) is 5.02 Å². The molecule has 5 rings (SSSR count). The molecule has 0 bridgehead atoms. The number of halogens is 1. The highest BCUT2D eigenvalue weighted by Crippen LogP contribution is 2.37. The number of thiophene rings is 1. The molecule has 0 saturated heterocycles. The van der Waals surface area contributed by atoms with Crippen molar-refractivity contribution in [1.29, 1.82) is 0 Å². The Bertz CT molecular complexity index is 1240. The van der Waals surface area contributed by atoms with Crippen LogP contribution in [0.3, 0.4) is 0 Å². The average Bonchev–Trinajstić information content (AvgIpc) is 3.50. The minimum Gasteiger partial charge on any atom is -0.295 e. The summed E-state index contributed by atoms with van der Waals surface area (Å²) in [5, 5.41) is 8.53. The number of benzene rings is 2. The molecular weight excluding hydrogens is 434 g/mol. The van der Waals surface area contributed by atoms with E-state index in [1.54, 1.807) is 41.7 Å². The summed E-state index contributed by atoms with van der Waals surface area (Å²) >= 11 is 7.90. The van der Waals surface area contributed by atoms with E-state index in [1.807, 2.05) is 35.7 Å². The van der Waals surface area contributed by atoms with Crippen LogP contribution in [0.25, 0.3) is 0 Å². The van der Waals surface area contributed by atoms with Gasteiger partial charge in [-0.25, -0.2) is 5.01 Å². The van der Waals surface area contributed by atoms with Crippen molar-refractivity contribution in [3.8, 4) is 0 Å². The van der Waals surface area contributed by atoms with E-state index in [1.165, 1.54) is 9.91 Å². The van der Waals surface area contributed by atoms with Gasteiger partial charge in [0.25, 0.3) is 17.6 Å². The van der Waals surface area contributed by atoms with Crippen molar-refractivity contribution in [2.45, 2.75) is 12.5 Å². The number of carbonyl (C=O) groups is 3. The topological polar surface area (TPSA) is 70.1 Å². The van der Waals surface area contributed by atoms with Gasteiger partial charge < -0.3 is 0 Å². The highest BCUT2D eigenvalue weighted by Gasteiger charge is 2.40. The highest BCUT2D eigenvalue weighted by atomic mass is 35.5. The van der Waals surface area contributed by atoms with Gasteiger partial charge in [0.15, 0.2) is 0 Å². The van der Waals surface area contributed by atoms with E-state index in [0.717, 1.165) is 10.4 Å². The van der Waals surface area contributed by atoms with Crippen LogP contribution < -0.4 is 4.90 Å². The molecule has 3 heterocycles. The lowest BCUT2D eigenvalue weighted by Crippen LogP contribution is -2.40. The number of fused-ring (bicyclic) bond motifs is 1. The van der Waals surface area contributed by atoms with Crippen LogP contribution in [-0.2, 0) is 9.59 Å². The first-order valence-corrected chi connectivity index (χ1v) is 10.9. The van der Waals surface area contributed by atoms with Gasteiger partial charge in [0.1, 0.15) is 6.54 Å². The molecule has 3 aromatic rings. The van der Waals surface area contributed by atoms with Gasteiger partial charge in [-0.2, -0.15) is 5.10 Å². The third-order valence-corrected chi connectivity index (χ3v) is 6.70. The average molecular weight is 450 g/mol. The maximum absolute atomic E-state index is 13.3. The lowest BCUT2D eigenvalue weighted by Gasteiger charge is -2.23. The minimum absolute atomic E-state index is 0.261. The molecule has 1 aromatic heterocycles. The van der Waals surface area contributed by atoms with Crippen molar-refractivity contribution in [2.75, 3.05) is 11.4 Å². The van der Waals surface area contributed by atoms with Crippen LogP contribution >= 0.6 is 22.9 Å². The molecule has 2 aromatic carbocycles. The van der Waals surface area contributed by atoms with E-state index in [-0.39, 0.29) is 18.5 Å². The molecule has 0 radical (unpaired) electrons. The van der Waals surface area contributed by atoms with Crippen LogP contribution in [0.1, 0.15) is 33.3 Å². The fourth-order valence-corrected chi connectivity index (χ4v) is 4.97. The molecule has 1 unspecified atom stereocenters. The van der Waals surface area contributed by atoms with Crippen LogP contribution in [0.4, 0.5) is 5.69 Å². The first-order valence-electron chi connectivity index (χ1n) is 9.67. The Hall–Kier alpha value is -3.29. The van der Waals surface area contributed by atoms with Crippen molar-refractivity contribution >= 4 is 51.9 Å². The third kappa shape index (κ3) is 3.36. The predicted octanol–water partition coefficient (Wildman–Crippen LogP) is 4.31. The number of Topliss-reactive ketones (excluding diaryl/α,β-unsaturated/α-hetero) is 1. The maximum atomic E-state index is 13.3.